The zero-order valence-electron chi connectivity index (χ0n) is 9.57. The number of ether oxygens (including phenoxy) is 1. The SMILES string of the molecule is CCCOCCn1ccc(C(O)C(F)(F)F)c1. The molecular formula is C11H16F3NO2. The van der Waals surface area contributed by atoms with Crippen LogP contribution in [0.4, 0.5) is 13.2 Å². The zero-order valence-corrected chi connectivity index (χ0v) is 9.57. The van der Waals surface area contributed by atoms with E-state index in [4.69, 9.17) is 9.84 Å². The van der Waals surface area contributed by atoms with Gasteiger partial charge in [0.15, 0.2) is 6.10 Å². The quantitative estimate of drug-likeness (QED) is 0.788. The highest BCUT2D eigenvalue weighted by Crippen LogP contribution is 2.32. The van der Waals surface area contributed by atoms with E-state index in [-0.39, 0.29) is 5.56 Å². The molecule has 0 aliphatic rings. The second kappa shape index (κ2) is 6.07. The molecule has 0 bridgehead atoms. The van der Waals surface area contributed by atoms with Crippen molar-refractivity contribution in [3.8, 4) is 0 Å². The highest BCUT2D eigenvalue weighted by Gasteiger charge is 2.39. The van der Waals surface area contributed by atoms with Crippen LogP contribution in [-0.4, -0.2) is 29.1 Å². The first-order chi connectivity index (χ1) is 7.95. The number of hydrogen-bond donors (Lipinski definition) is 1. The second-order valence-electron chi connectivity index (χ2n) is 3.74. The van der Waals surface area contributed by atoms with Gasteiger partial charge in [0, 0.05) is 31.1 Å². The molecule has 0 spiro atoms. The fraction of sp³-hybridized carbons (Fsp3) is 0.636. The summed E-state index contributed by atoms with van der Waals surface area (Å²) in [5, 5.41) is 9.01. The Labute approximate surface area is 97.8 Å². The van der Waals surface area contributed by atoms with Crippen molar-refractivity contribution in [1.82, 2.24) is 4.57 Å². The van der Waals surface area contributed by atoms with E-state index in [1.54, 1.807) is 4.57 Å². The minimum atomic E-state index is -4.62. The first-order valence-corrected chi connectivity index (χ1v) is 5.43. The van der Waals surface area contributed by atoms with Gasteiger partial charge in [-0.05, 0) is 12.5 Å². The summed E-state index contributed by atoms with van der Waals surface area (Å²) in [6, 6.07) is 1.26. The van der Waals surface area contributed by atoms with Gasteiger partial charge in [-0.2, -0.15) is 13.2 Å². The second-order valence-corrected chi connectivity index (χ2v) is 3.74. The van der Waals surface area contributed by atoms with Crippen molar-refractivity contribution in [1.29, 1.82) is 0 Å². The van der Waals surface area contributed by atoms with Crippen LogP contribution in [0.15, 0.2) is 18.5 Å². The van der Waals surface area contributed by atoms with E-state index in [0.717, 1.165) is 6.42 Å². The summed E-state index contributed by atoms with van der Waals surface area (Å²) in [6.45, 7) is 3.54. The Balaban J connectivity index is 2.48. The predicted molar refractivity (Wildman–Crippen MR) is 56.6 cm³/mol. The van der Waals surface area contributed by atoms with E-state index in [1.807, 2.05) is 6.92 Å². The minimum Gasteiger partial charge on any atom is -0.380 e. The summed E-state index contributed by atoms with van der Waals surface area (Å²) < 4.78 is 43.4. The lowest BCUT2D eigenvalue weighted by molar-refractivity contribution is -0.206. The summed E-state index contributed by atoms with van der Waals surface area (Å²) in [6.07, 6.45) is -3.35. The Morgan fingerprint density at radius 1 is 1.41 bits per heavy atom. The molecule has 1 aromatic rings. The average Bonchev–Trinajstić information content (AvgIpc) is 2.70. The molecule has 98 valence electrons. The van der Waals surface area contributed by atoms with E-state index in [2.05, 4.69) is 0 Å². The highest BCUT2D eigenvalue weighted by molar-refractivity contribution is 5.15. The Bertz CT molecular complexity index is 336. The smallest absolute Gasteiger partial charge is 0.380 e. The Morgan fingerprint density at radius 3 is 2.71 bits per heavy atom. The molecule has 17 heavy (non-hydrogen) atoms. The molecule has 1 unspecified atom stereocenters. The molecule has 0 fully saturated rings. The molecule has 1 heterocycles. The molecule has 1 rings (SSSR count). The van der Waals surface area contributed by atoms with Gasteiger partial charge in [0.2, 0.25) is 0 Å². The Kier molecular flexibility index (Phi) is 5.02. The molecule has 0 aliphatic carbocycles. The van der Waals surface area contributed by atoms with Crippen LogP contribution in [0.25, 0.3) is 0 Å². The summed E-state index contributed by atoms with van der Waals surface area (Å²) in [5.74, 6) is 0. The molecule has 1 N–H and O–H groups in total. The molecule has 0 saturated heterocycles. The van der Waals surface area contributed by atoms with Crippen LogP contribution in [0.2, 0.25) is 0 Å². The van der Waals surface area contributed by atoms with Crippen molar-refractivity contribution < 1.29 is 23.0 Å². The van der Waals surface area contributed by atoms with Gasteiger partial charge in [-0.3, -0.25) is 0 Å². The first-order valence-electron chi connectivity index (χ1n) is 5.43. The van der Waals surface area contributed by atoms with E-state index >= 15 is 0 Å². The van der Waals surface area contributed by atoms with Crippen LogP contribution in [0.5, 0.6) is 0 Å². The summed E-state index contributed by atoms with van der Waals surface area (Å²) in [7, 11) is 0. The molecule has 0 aromatic carbocycles. The van der Waals surface area contributed by atoms with Gasteiger partial charge in [-0.1, -0.05) is 6.92 Å². The van der Waals surface area contributed by atoms with Crippen molar-refractivity contribution in [2.45, 2.75) is 32.2 Å². The number of nitrogens with zero attached hydrogens (tertiary/aromatic N) is 1. The topological polar surface area (TPSA) is 34.4 Å². The van der Waals surface area contributed by atoms with Crippen molar-refractivity contribution in [2.75, 3.05) is 13.2 Å². The maximum absolute atomic E-state index is 12.2. The molecule has 0 amide bonds. The van der Waals surface area contributed by atoms with Crippen LogP contribution >= 0.6 is 0 Å². The molecule has 0 radical (unpaired) electrons. The number of alkyl halides is 3. The Morgan fingerprint density at radius 2 is 2.12 bits per heavy atom. The van der Waals surface area contributed by atoms with Gasteiger partial charge < -0.3 is 14.4 Å². The molecule has 3 nitrogen and oxygen atoms in total. The van der Waals surface area contributed by atoms with Crippen molar-refractivity contribution >= 4 is 0 Å². The maximum atomic E-state index is 12.2. The van der Waals surface area contributed by atoms with E-state index in [0.29, 0.717) is 19.8 Å². The van der Waals surface area contributed by atoms with Gasteiger partial charge in [0.1, 0.15) is 0 Å². The lowest BCUT2D eigenvalue weighted by Gasteiger charge is -2.12. The Hall–Kier alpha value is -1.01. The van der Waals surface area contributed by atoms with Crippen molar-refractivity contribution in [3.05, 3.63) is 24.0 Å². The zero-order chi connectivity index (χ0) is 12.9. The van der Waals surface area contributed by atoms with Crippen molar-refractivity contribution in [3.63, 3.8) is 0 Å². The maximum Gasteiger partial charge on any atom is 0.418 e. The molecule has 6 heteroatoms. The van der Waals surface area contributed by atoms with Gasteiger partial charge in [-0.25, -0.2) is 0 Å². The van der Waals surface area contributed by atoms with Crippen LogP contribution < -0.4 is 0 Å². The van der Waals surface area contributed by atoms with E-state index < -0.39 is 12.3 Å². The fourth-order valence-corrected chi connectivity index (χ4v) is 1.37. The van der Waals surface area contributed by atoms with Gasteiger partial charge in [0.05, 0.1) is 6.61 Å². The minimum absolute atomic E-state index is 0.145. The molecule has 0 aliphatic heterocycles. The third-order valence-corrected chi connectivity index (χ3v) is 2.24. The number of rotatable bonds is 6. The summed E-state index contributed by atoms with van der Waals surface area (Å²) in [5.41, 5.74) is -0.145. The van der Waals surface area contributed by atoms with Gasteiger partial charge in [-0.15, -0.1) is 0 Å². The van der Waals surface area contributed by atoms with Crippen LogP contribution in [0, 0.1) is 0 Å². The van der Waals surface area contributed by atoms with Crippen LogP contribution in [-0.2, 0) is 11.3 Å². The standard InChI is InChI=1S/C11H16F3NO2/c1-2-6-17-7-5-15-4-3-9(8-15)10(16)11(12,13)14/h3-4,8,10,16H,2,5-7H2,1H3. The van der Waals surface area contributed by atoms with E-state index in [1.165, 1.54) is 18.5 Å². The normalized spacial score (nSPS) is 13.9. The van der Waals surface area contributed by atoms with Gasteiger partial charge in [0.25, 0.3) is 0 Å². The lowest BCUT2D eigenvalue weighted by Crippen LogP contribution is -2.19. The number of aromatic nitrogens is 1. The van der Waals surface area contributed by atoms with Crippen LogP contribution in [0.3, 0.4) is 0 Å². The van der Waals surface area contributed by atoms with Gasteiger partial charge >= 0.3 is 6.18 Å². The largest absolute Gasteiger partial charge is 0.418 e. The average molecular weight is 251 g/mol. The third kappa shape index (κ3) is 4.40. The van der Waals surface area contributed by atoms with Crippen LogP contribution in [0.1, 0.15) is 25.0 Å². The van der Waals surface area contributed by atoms with Crippen molar-refractivity contribution in [2.24, 2.45) is 0 Å². The molecule has 1 aromatic heterocycles. The lowest BCUT2D eigenvalue weighted by atomic mass is 10.2. The predicted octanol–water partition coefficient (Wildman–Crippen LogP) is 2.51. The number of aliphatic hydroxyl groups is 1. The summed E-state index contributed by atoms with van der Waals surface area (Å²) >= 11 is 0. The molecule has 1 atom stereocenters. The molecule has 0 saturated carbocycles. The fourth-order valence-electron chi connectivity index (χ4n) is 1.37. The monoisotopic (exact) mass is 251 g/mol. The molecular weight excluding hydrogens is 235 g/mol. The third-order valence-electron chi connectivity index (χ3n) is 2.24. The highest BCUT2D eigenvalue weighted by atomic mass is 19.4. The first kappa shape index (κ1) is 14.1. The van der Waals surface area contributed by atoms with E-state index in [9.17, 15) is 13.2 Å². The number of halogens is 3. The summed E-state index contributed by atoms with van der Waals surface area (Å²) in [4.78, 5) is 0. The number of hydrogen-bond acceptors (Lipinski definition) is 2. The number of aliphatic hydroxyl groups excluding tert-OH is 1.